The van der Waals surface area contributed by atoms with Gasteiger partial charge in [-0.3, -0.25) is 9.48 Å². The van der Waals surface area contributed by atoms with Gasteiger partial charge in [0.2, 0.25) is 5.91 Å². The van der Waals surface area contributed by atoms with E-state index in [2.05, 4.69) is 22.7 Å². The molecule has 5 nitrogen and oxygen atoms in total. The average Bonchev–Trinajstić information content (AvgIpc) is 3.28. The Morgan fingerprint density at radius 3 is 2.88 bits per heavy atom. The summed E-state index contributed by atoms with van der Waals surface area (Å²) in [5, 5.41) is 11.9. The van der Waals surface area contributed by atoms with Gasteiger partial charge in [0.15, 0.2) is 0 Å². The summed E-state index contributed by atoms with van der Waals surface area (Å²) in [5.74, 6) is 0.303. The number of hydrogen-bond donors (Lipinski definition) is 2. The number of fused-ring (bicyclic) bond motifs is 1. The van der Waals surface area contributed by atoms with E-state index in [1.165, 1.54) is 35.3 Å². The summed E-state index contributed by atoms with van der Waals surface area (Å²) >= 11 is 1.78. The average molecular weight is 381 g/mol. The van der Waals surface area contributed by atoms with E-state index < -0.39 is 0 Å². The first-order chi connectivity index (χ1) is 11.6. The van der Waals surface area contributed by atoms with Crippen LogP contribution in [0.5, 0.6) is 0 Å². The molecule has 0 unspecified atom stereocenters. The molecule has 0 radical (unpaired) electrons. The quantitative estimate of drug-likeness (QED) is 0.860. The van der Waals surface area contributed by atoms with Crippen molar-refractivity contribution in [1.82, 2.24) is 15.1 Å². The van der Waals surface area contributed by atoms with Crippen LogP contribution in [-0.2, 0) is 24.7 Å². The van der Waals surface area contributed by atoms with Crippen LogP contribution in [0.15, 0.2) is 12.4 Å². The molecule has 0 saturated carbocycles. The second-order valence-corrected chi connectivity index (χ2v) is 8.08. The molecule has 3 heterocycles. The van der Waals surface area contributed by atoms with E-state index in [0.717, 1.165) is 30.1 Å². The number of aromatic nitrogens is 2. The fourth-order valence-corrected chi connectivity index (χ4v) is 5.28. The minimum atomic E-state index is -0.0345. The van der Waals surface area contributed by atoms with Crippen LogP contribution in [-0.4, -0.2) is 28.8 Å². The normalized spacial score (nSPS) is 22.3. The molecule has 0 aromatic carbocycles. The molecular weight excluding hydrogens is 356 g/mol. The first-order valence-corrected chi connectivity index (χ1v) is 9.56. The number of nitrogens with one attached hydrogen (secondary N) is 2. The number of aryl methyl sites for hydroxylation is 2. The molecule has 1 amide bonds. The molecule has 0 spiro atoms. The second-order valence-electron chi connectivity index (χ2n) is 6.97. The maximum absolute atomic E-state index is 12.9. The lowest BCUT2D eigenvalue weighted by molar-refractivity contribution is -0.119. The summed E-state index contributed by atoms with van der Waals surface area (Å²) < 4.78 is 1.81. The lowest BCUT2D eigenvalue weighted by Gasteiger charge is -2.17. The molecule has 1 fully saturated rings. The van der Waals surface area contributed by atoms with Crippen LogP contribution in [0, 0.1) is 12.8 Å². The summed E-state index contributed by atoms with van der Waals surface area (Å²) in [6.07, 6.45) is 8.78. The molecule has 1 aliphatic heterocycles. The van der Waals surface area contributed by atoms with Gasteiger partial charge in [-0.2, -0.15) is 5.10 Å². The Labute approximate surface area is 158 Å². The highest BCUT2D eigenvalue weighted by Gasteiger charge is 2.35. The standard InChI is InChI=1S/C18H24N4OS.ClH/c1-11-13-5-3-4-6-16(13)24-18(11)21-17(23)15-9-19-8-14(15)12-7-20-22(2)10-12;/h7,10,14-15,19H,3-6,8-9H2,1-2H3,(H,21,23);1H/t14-,15+;/m1./s1. The van der Waals surface area contributed by atoms with Gasteiger partial charge in [0.25, 0.3) is 0 Å². The Kier molecular flexibility index (Phi) is 5.51. The van der Waals surface area contributed by atoms with Gasteiger partial charge in [-0.05, 0) is 49.3 Å². The molecule has 1 saturated heterocycles. The molecule has 1 aliphatic carbocycles. The van der Waals surface area contributed by atoms with Crippen molar-refractivity contribution in [2.45, 2.75) is 38.5 Å². The number of rotatable bonds is 3. The van der Waals surface area contributed by atoms with Crippen molar-refractivity contribution in [1.29, 1.82) is 0 Å². The van der Waals surface area contributed by atoms with Crippen LogP contribution in [0.2, 0.25) is 0 Å². The SMILES string of the molecule is Cc1c(NC(=O)[C@H]2CNC[C@@H]2c2cnn(C)c2)sc2c1CCCC2.Cl. The summed E-state index contributed by atoms with van der Waals surface area (Å²) in [6, 6.07) is 0. The number of anilines is 1. The maximum atomic E-state index is 12.9. The monoisotopic (exact) mass is 380 g/mol. The van der Waals surface area contributed by atoms with Crippen molar-refractivity contribution in [2.75, 3.05) is 18.4 Å². The van der Waals surface area contributed by atoms with Crippen molar-refractivity contribution in [3.05, 3.63) is 34.0 Å². The number of carbonyl (C=O) groups excluding carboxylic acids is 1. The zero-order valence-electron chi connectivity index (χ0n) is 14.7. The van der Waals surface area contributed by atoms with Gasteiger partial charge in [0.05, 0.1) is 17.1 Å². The Morgan fingerprint density at radius 2 is 2.16 bits per heavy atom. The van der Waals surface area contributed by atoms with Crippen LogP contribution in [0.4, 0.5) is 5.00 Å². The topological polar surface area (TPSA) is 59.0 Å². The lowest BCUT2D eigenvalue weighted by Crippen LogP contribution is -2.27. The van der Waals surface area contributed by atoms with E-state index in [1.54, 1.807) is 16.0 Å². The highest BCUT2D eigenvalue weighted by Crippen LogP contribution is 2.38. The van der Waals surface area contributed by atoms with Crippen molar-refractivity contribution in [3.8, 4) is 0 Å². The minimum Gasteiger partial charge on any atom is -0.317 e. The lowest BCUT2D eigenvalue weighted by atomic mass is 9.90. The Balaban J connectivity index is 0.00000182. The van der Waals surface area contributed by atoms with E-state index in [0.29, 0.717) is 0 Å². The molecule has 4 rings (SSSR count). The Morgan fingerprint density at radius 1 is 1.36 bits per heavy atom. The molecule has 7 heteroatoms. The largest absolute Gasteiger partial charge is 0.317 e. The number of hydrogen-bond acceptors (Lipinski definition) is 4. The van der Waals surface area contributed by atoms with Gasteiger partial charge in [-0.25, -0.2) is 0 Å². The van der Waals surface area contributed by atoms with E-state index in [4.69, 9.17) is 0 Å². The summed E-state index contributed by atoms with van der Waals surface area (Å²) in [5.41, 5.74) is 3.91. The van der Waals surface area contributed by atoms with Gasteiger partial charge < -0.3 is 10.6 Å². The van der Waals surface area contributed by atoms with E-state index in [9.17, 15) is 4.79 Å². The molecule has 2 aliphatic rings. The zero-order chi connectivity index (χ0) is 16.7. The van der Waals surface area contributed by atoms with Crippen LogP contribution >= 0.6 is 23.7 Å². The van der Waals surface area contributed by atoms with Crippen LogP contribution < -0.4 is 10.6 Å². The predicted molar refractivity (Wildman–Crippen MR) is 104 cm³/mol. The fourth-order valence-electron chi connectivity index (χ4n) is 3.98. The number of amides is 1. The zero-order valence-corrected chi connectivity index (χ0v) is 16.3. The van der Waals surface area contributed by atoms with E-state index >= 15 is 0 Å². The van der Waals surface area contributed by atoms with E-state index in [-0.39, 0.29) is 30.2 Å². The second kappa shape index (κ2) is 7.48. The highest BCUT2D eigenvalue weighted by atomic mass is 35.5. The van der Waals surface area contributed by atoms with Crippen molar-refractivity contribution in [3.63, 3.8) is 0 Å². The van der Waals surface area contributed by atoms with Gasteiger partial charge in [0.1, 0.15) is 0 Å². The van der Waals surface area contributed by atoms with Gasteiger partial charge in [-0.15, -0.1) is 23.7 Å². The number of nitrogens with zero attached hydrogens (tertiary/aromatic N) is 2. The molecule has 136 valence electrons. The third-order valence-corrected chi connectivity index (χ3v) is 6.69. The summed E-state index contributed by atoms with van der Waals surface area (Å²) in [6.45, 7) is 3.72. The first kappa shape index (κ1) is 18.4. The smallest absolute Gasteiger partial charge is 0.230 e. The minimum absolute atomic E-state index is 0. The molecule has 2 aromatic rings. The molecular formula is C18H25ClN4OS. The summed E-state index contributed by atoms with van der Waals surface area (Å²) in [4.78, 5) is 14.4. The third-order valence-electron chi connectivity index (χ3n) is 5.38. The molecule has 25 heavy (non-hydrogen) atoms. The highest BCUT2D eigenvalue weighted by molar-refractivity contribution is 7.16. The molecule has 0 bridgehead atoms. The maximum Gasteiger partial charge on any atom is 0.230 e. The molecule has 2 N–H and O–H groups in total. The Hall–Kier alpha value is -1.37. The van der Waals surface area contributed by atoms with Gasteiger partial charge in [0, 0.05) is 37.1 Å². The van der Waals surface area contributed by atoms with Crippen molar-refractivity contribution >= 4 is 34.7 Å². The van der Waals surface area contributed by atoms with Gasteiger partial charge >= 0.3 is 0 Å². The summed E-state index contributed by atoms with van der Waals surface area (Å²) in [7, 11) is 1.92. The third kappa shape index (κ3) is 3.48. The predicted octanol–water partition coefficient (Wildman–Crippen LogP) is 3.03. The van der Waals surface area contributed by atoms with Crippen LogP contribution in [0.25, 0.3) is 0 Å². The number of carbonyl (C=O) groups is 1. The number of thiophene rings is 1. The van der Waals surface area contributed by atoms with Gasteiger partial charge in [-0.1, -0.05) is 0 Å². The number of halogens is 1. The Bertz CT molecular complexity index is 769. The van der Waals surface area contributed by atoms with Crippen LogP contribution in [0.1, 0.15) is 40.3 Å². The first-order valence-electron chi connectivity index (χ1n) is 8.74. The van der Waals surface area contributed by atoms with Crippen LogP contribution in [0.3, 0.4) is 0 Å². The van der Waals surface area contributed by atoms with Crippen molar-refractivity contribution in [2.24, 2.45) is 13.0 Å². The molecule has 2 atom stereocenters. The van der Waals surface area contributed by atoms with E-state index in [1.807, 2.05) is 19.4 Å². The molecule has 2 aromatic heterocycles. The fraction of sp³-hybridized carbons (Fsp3) is 0.556. The van der Waals surface area contributed by atoms with Crippen molar-refractivity contribution < 1.29 is 4.79 Å².